The summed E-state index contributed by atoms with van der Waals surface area (Å²) in [6, 6.07) is 20.0. The Balaban J connectivity index is 1.34. The summed E-state index contributed by atoms with van der Waals surface area (Å²) in [4.78, 5) is 16.7. The van der Waals surface area contributed by atoms with Crippen LogP contribution in [0.4, 0.5) is 0 Å². The molecule has 0 radical (unpaired) electrons. The van der Waals surface area contributed by atoms with Crippen molar-refractivity contribution in [1.82, 2.24) is 30.1 Å². The Morgan fingerprint density at radius 1 is 0.844 bits per heavy atom. The zero-order valence-corrected chi connectivity index (χ0v) is 17.0. The molecular weight excluding hydrogens is 400 g/mol. The summed E-state index contributed by atoms with van der Waals surface area (Å²) in [7, 11) is 0. The SMILES string of the molecule is c1ccc(COc2cncc(-c3cnc4n[nH]c(-c5cc6ncccc6[nH]5)c4c3)c2)cc1. The smallest absolute Gasteiger partial charge is 0.181 e. The van der Waals surface area contributed by atoms with Crippen molar-refractivity contribution in [2.45, 2.75) is 6.61 Å². The average molecular weight is 418 g/mol. The van der Waals surface area contributed by atoms with E-state index in [1.54, 1.807) is 18.6 Å². The lowest BCUT2D eigenvalue weighted by Crippen LogP contribution is -1.96. The van der Waals surface area contributed by atoms with Gasteiger partial charge in [-0.2, -0.15) is 5.10 Å². The van der Waals surface area contributed by atoms with Crippen molar-refractivity contribution in [3.63, 3.8) is 0 Å². The number of pyridine rings is 3. The molecule has 6 aromatic rings. The highest BCUT2D eigenvalue weighted by atomic mass is 16.5. The van der Waals surface area contributed by atoms with Gasteiger partial charge in [-0.25, -0.2) is 4.98 Å². The average Bonchev–Trinajstić information content (AvgIpc) is 3.47. The molecule has 154 valence electrons. The van der Waals surface area contributed by atoms with Gasteiger partial charge in [-0.05, 0) is 35.9 Å². The minimum atomic E-state index is 0.490. The van der Waals surface area contributed by atoms with Crippen molar-refractivity contribution in [3.8, 4) is 28.3 Å². The molecule has 0 aliphatic carbocycles. The van der Waals surface area contributed by atoms with E-state index >= 15 is 0 Å². The van der Waals surface area contributed by atoms with Crippen LogP contribution in [0.1, 0.15) is 5.56 Å². The van der Waals surface area contributed by atoms with E-state index in [-0.39, 0.29) is 0 Å². The number of benzene rings is 1. The number of ether oxygens (including phenoxy) is 1. The first-order valence-electron chi connectivity index (χ1n) is 10.2. The Morgan fingerprint density at radius 2 is 1.75 bits per heavy atom. The van der Waals surface area contributed by atoms with E-state index in [4.69, 9.17) is 4.74 Å². The van der Waals surface area contributed by atoms with Crippen LogP contribution in [0.2, 0.25) is 0 Å². The second-order valence-electron chi connectivity index (χ2n) is 7.50. The normalized spacial score (nSPS) is 11.2. The maximum Gasteiger partial charge on any atom is 0.181 e. The van der Waals surface area contributed by atoms with Gasteiger partial charge in [-0.1, -0.05) is 30.3 Å². The van der Waals surface area contributed by atoms with E-state index in [2.05, 4.69) is 36.2 Å². The third-order valence-electron chi connectivity index (χ3n) is 5.36. The molecule has 0 aliphatic heterocycles. The first-order valence-corrected chi connectivity index (χ1v) is 10.2. The van der Waals surface area contributed by atoms with Crippen LogP contribution >= 0.6 is 0 Å². The largest absolute Gasteiger partial charge is 0.487 e. The van der Waals surface area contributed by atoms with Gasteiger partial charge < -0.3 is 9.72 Å². The van der Waals surface area contributed by atoms with Gasteiger partial charge in [0.2, 0.25) is 0 Å². The zero-order valence-electron chi connectivity index (χ0n) is 17.0. The Hall–Kier alpha value is -4.52. The molecule has 0 atom stereocenters. The molecule has 0 fully saturated rings. The lowest BCUT2D eigenvalue weighted by molar-refractivity contribution is 0.305. The maximum absolute atomic E-state index is 5.94. The second kappa shape index (κ2) is 7.63. The molecule has 7 nitrogen and oxygen atoms in total. The third-order valence-corrected chi connectivity index (χ3v) is 5.36. The first kappa shape index (κ1) is 18.3. The fourth-order valence-electron chi connectivity index (χ4n) is 3.75. The number of aromatic amines is 2. The topological polar surface area (TPSA) is 92.4 Å². The van der Waals surface area contributed by atoms with E-state index in [1.165, 1.54) is 0 Å². The molecule has 5 heterocycles. The highest BCUT2D eigenvalue weighted by molar-refractivity contribution is 5.95. The molecule has 0 saturated carbocycles. The predicted molar refractivity (Wildman–Crippen MR) is 123 cm³/mol. The number of nitrogens with one attached hydrogen (secondary N) is 2. The Bertz CT molecular complexity index is 1500. The summed E-state index contributed by atoms with van der Waals surface area (Å²) < 4.78 is 5.94. The Kier molecular flexibility index (Phi) is 4.35. The minimum Gasteiger partial charge on any atom is -0.487 e. The van der Waals surface area contributed by atoms with Crippen molar-refractivity contribution in [3.05, 3.63) is 91.0 Å². The summed E-state index contributed by atoms with van der Waals surface area (Å²) in [5.41, 5.74) is 7.29. The van der Waals surface area contributed by atoms with Gasteiger partial charge in [0.15, 0.2) is 5.65 Å². The van der Waals surface area contributed by atoms with Gasteiger partial charge in [0.05, 0.1) is 28.6 Å². The van der Waals surface area contributed by atoms with Crippen LogP contribution in [0.25, 0.3) is 44.6 Å². The number of hydrogen-bond acceptors (Lipinski definition) is 5. The maximum atomic E-state index is 5.94. The van der Waals surface area contributed by atoms with Crippen LogP contribution in [0, 0.1) is 0 Å². The first-order chi connectivity index (χ1) is 15.8. The fraction of sp³-hybridized carbons (Fsp3) is 0.0400. The van der Waals surface area contributed by atoms with Crippen LogP contribution in [-0.4, -0.2) is 30.1 Å². The number of nitrogens with zero attached hydrogens (tertiary/aromatic N) is 4. The predicted octanol–water partition coefficient (Wildman–Crippen LogP) is 5.14. The summed E-state index contributed by atoms with van der Waals surface area (Å²) in [5, 5.41) is 8.39. The summed E-state index contributed by atoms with van der Waals surface area (Å²) >= 11 is 0. The molecule has 32 heavy (non-hydrogen) atoms. The molecule has 0 unspecified atom stereocenters. The number of fused-ring (bicyclic) bond motifs is 2. The van der Waals surface area contributed by atoms with Gasteiger partial charge in [0.1, 0.15) is 12.4 Å². The molecule has 1 aromatic carbocycles. The van der Waals surface area contributed by atoms with Gasteiger partial charge in [-0.3, -0.25) is 15.1 Å². The van der Waals surface area contributed by atoms with Crippen LogP contribution in [0.5, 0.6) is 5.75 Å². The number of rotatable bonds is 5. The van der Waals surface area contributed by atoms with Crippen LogP contribution < -0.4 is 4.74 Å². The minimum absolute atomic E-state index is 0.490. The molecular formula is C25H18N6O. The van der Waals surface area contributed by atoms with Crippen molar-refractivity contribution in [2.75, 3.05) is 0 Å². The quantitative estimate of drug-likeness (QED) is 0.404. The van der Waals surface area contributed by atoms with Crippen molar-refractivity contribution in [1.29, 1.82) is 0 Å². The van der Waals surface area contributed by atoms with Crippen LogP contribution in [0.3, 0.4) is 0 Å². The van der Waals surface area contributed by atoms with Crippen molar-refractivity contribution in [2.24, 2.45) is 0 Å². The molecule has 0 saturated heterocycles. The zero-order chi connectivity index (χ0) is 21.3. The number of H-pyrrole nitrogens is 2. The fourth-order valence-corrected chi connectivity index (χ4v) is 3.75. The lowest BCUT2D eigenvalue weighted by Gasteiger charge is -2.08. The third kappa shape index (κ3) is 3.35. The molecule has 7 heteroatoms. The second-order valence-corrected chi connectivity index (χ2v) is 7.50. The van der Waals surface area contributed by atoms with Crippen LogP contribution in [-0.2, 0) is 6.61 Å². The number of aromatic nitrogens is 6. The lowest BCUT2D eigenvalue weighted by atomic mass is 10.1. The molecule has 6 rings (SSSR count). The molecule has 0 amide bonds. The van der Waals surface area contributed by atoms with Gasteiger partial charge >= 0.3 is 0 Å². The van der Waals surface area contributed by atoms with Gasteiger partial charge in [0, 0.05) is 35.1 Å². The summed E-state index contributed by atoms with van der Waals surface area (Å²) in [6.07, 6.45) is 7.12. The monoisotopic (exact) mass is 418 g/mol. The highest BCUT2D eigenvalue weighted by Crippen LogP contribution is 2.31. The highest BCUT2D eigenvalue weighted by Gasteiger charge is 2.13. The van der Waals surface area contributed by atoms with E-state index < -0.39 is 0 Å². The summed E-state index contributed by atoms with van der Waals surface area (Å²) in [6.45, 7) is 0.490. The van der Waals surface area contributed by atoms with E-state index in [0.29, 0.717) is 18.0 Å². The molecule has 0 bridgehead atoms. The molecule has 0 aliphatic rings. The van der Waals surface area contributed by atoms with Gasteiger partial charge in [0.25, 0.3) is 0 Å². The molecule has 5 aromatic heterocycles. The van der Waals surface area contributed by atoms with Crippen molar-refractivity contribution >= 4 is 22.1 Å². The van der Waals surface area contributed by atoms with E-state index in [9.17, 15) is 0 Å². The standard InChI is InChI=1S/C25H18N6O/c1-2-5-16(6-3-1)15-32-19-9-17(12-26-14-19)18-10-20-24(30-31-25(20)28-13-18)23-11-22-21(29-23)7-4-8-27-22/h1-14,29H,15H2,(H,28,30,31). The Labute approximate surface area is 183 Å². The number of hydrogen-bond donors (Lipinski definition) is 2. The Morgan fingerprint density at radius 3 is 2.66 bits per heavy atom. The summed E-state index contributed by atoms with van der Waals surface area (Å²) in [5.74, 6) is 0.709. The van der Waals surface area contributed by atoms with E-state index in [1.807, 2.05) is 60.8 Å². The molecule has 2 N–H and O–H groups in total. The van der Waals surface area contributed by atoms with E-state index in [0.717, 1.165) is 44.5 Å². The molecule has 0 spiro atoms. The van der Waals surface area contributed by atoms with Gasteiger partial charge in [-0.15, -0.1) is 0 Å². The van der Waals surface area contributed by atoms with Crippen molar-refractivity contribution < 1.29 is 4.74 Å². The van der Waals surface area contributed by atoms with Crippen LogP contribution in [0.15, 0.2) is 85.5 Å².